The van der Waals surface area contributed by atoms with Crippen LogP contribution in [0.25, 0.3) is 0 Å². The molecule has 0 radical (unpaired) electrons. The van der Waals surface area contributed by atoms with Gasteiger partial charge in [0.15, 0.2) is 0 Å². The minimum atomic E-state index is -0.353. The van der Waals surface area contributed by atoms with Gasteiger partial charge < -0.3 is 47.4 Å². The van der Waals surface area contributed by atoms with Crippen molar-refractivity contribution in [1.29, 1.82) is 0 Å². The molecular formula is C27H45IO11. The SMILES string of the molecule is O=C(OCCOCCOCCOCCOCCOCCOCCOCCOCCOCCI)c1ccccc1. The highest BCUT2D eigenvalue weighted by Crippen LogP contribution is 2.00. The number of esters is 1. The molecule has 0 unspecified atom stereocenters. The standard InChI is InChI=1S/C27H45IO11/c28-6-7-30-8-9-31-10-11-32-12-13-33-14-15-34-16-17-35-18-19-36-20-21-37-22-23-38-24-25-39-27(29)26-4-2-1-3-5-26/h1-5H,6-25H2. The smallest absolute Gasteiger partial charge is 0.338 e. The Morgan fingerprint density at radius 2 is 0.718 bits per heavy atom. The van der Waals surface area contributed by atoms with E-state index in [0.29, 0.717) is 118 Å². The average molecular weight is 673 g/mol. The maximum Gasteiger partial charge on any atom is 0.338 e. The number of carbonyl (C=O) groups excluding carboxylic acids is 1. The van der Waals surface area contributed by atoms with Gasteiger partial charge in [-0.15, -0.1) is 0 Å². The number of hydrogen-bond acceptors (Lipinski definition) is 11. The van der Waals surface area contributed by atoms with Gasteiger partial charge in [-0.25, -0.2) is 4.79 Å². The molecule has 0 fully saturated rings. The number of ether oxygens (including phenoxy) is 10. The van der Waals surface area contributed by atoms with Crippen molar-refractivity contribution in [2.45, 2.75) is 0 Å². The minimum absolute atomic E-state index is 0.206. The molecule has 0 amide bonds. The molecule has 0 aliphatic rings. The second kappa shape index (κ2) is 30.0. The zero-order chi connectivity index (χ0) is 27.9. The van der Waals surface area contributed by atoms with E-state index in [4.69, 9.17) is 47.4 Å². The number of rotatable bonds is 30. The molecule has 1 rings (SSSR count). The van der Waals surface area contributed by atoms with Gasteiger partial charge in [0.2, 0.25) is 0 Å². The Balaban J connectivity index is 1.65. The summed E-state index contributed by atoms with van der Waals surface area (Å²) < 4.78 is 54.8. The first kappa shape index (κ1) is 36.1. The van der Waals surface area contributed by atoms with Crippen molar-refractivity contribution in [2.75, 3.05) is 130 Å². The van der Waals surface area contributed by atoms with Crippen LogP contribution in [0.5, 0.6) is 0 Å². The van der Waals surface area contributed by atoms with E-state index in [0.717, 1.165) is 11.0 Å². The molecule has 0 bridgehead atoms. The monoisotopic (exact) mass is 672 g/mol. The fourth-order valence-electron chi connectivity index (χ4n) is 2.77. The number of carbonyl (C=O) groups is 1. The van der Waals surface area contributed by atoms with Gasteiger partial charge in [-0.2, -0.15) is 0 Å². The Labute approximate surface area is 246 Å². The van der Waals surface area contributed by atoms with Crippen molar-refractivity contribution < 1.29 is 52.2 Å². The molecule has 1 aromatic rings. The lowest BCUT2D eigenvalue weighted by atomic mass is 10.2. The van der Waals surface area contributed by atoms with E-state index in [2.05, 4.69) is 22.6 Å². The van der Waals surface area contributed by atoms with Crippen molar-refractivity contribution in [3.05, 3.63) is 35.9 Å². The second-order valence-electron chi connectivity index (χ2n) is 7.70. The molecule has 0 atom stereocenters. The highest BCUT2D eigenvalue weighted by Gasteiger charge is 2.05. The minimum Gasteiger partial charge on any atom is -0.460 e. The third-order valence-corrected chi connectivity index (χ3v) is 5.11. The Hall–Kier alpha value is -0.940. The van der Waals surface area contributed by atoms with E-state index >= 15 is 0 Å². The van der Waals surface area contributed by atoms with Crippen molar-refractivity contribution >= 4 is 28.6 Å². The molecule has 0 aromatic heterocycles. The van der Waals surface area contributed by atoms with E-state index in [1.165, 1.54) is 0 Å². The van der Waals surface area contributed by atoms with Gasteiger partial charge in [-0.1, -0.05) is 40.8 Å². The molecule has 39 heavy (non-hydrogen) atoms. The summed E-state index contributed by atoms with van der Waals surface area (Å²) in [5.74, 6) is -0.353. The Kier molecular flexibility index (Phi) is 27.8. The van der Waals surface area contributed by atoms with Gasteiger partial charge in [0, 0.05) is 4.43 Å². The number of hydrogen-bond donors (Lipinski definition) is 0. The molecule has 0 N–H and O–H groups in total. The molecule has 0 heterocycles. The van der Waals surface area contributed by atoms with Crippen LogP contribution in [0, 0.1) is 0 Å². The Bertz CT molecular complexity index is 639. The van der Waals surface area contributed by atoms with Crippen molar-refractivity contribution in [1.82, 2.24) is 0 Å². The van der Waals surface area contributed by atoms with Crippen molar-refractivity contribution in [3.63, 3.8) is 0 Å². The summed E-state index contributed by atoms with van der Waals surface area (Å²) in [6.45, 7) is 9.55. The van der Waals surface area contributed by atoms with Crippen molar-refractivity contribution in [3.8, 4) is 0 Å². The Morgan fingerprint density at radius 3 is 1.03 bits per heavy atom. The summed E-state index contributed by atoms with van der Waals surface area (Å²) >= 11 is 2.27. The Morgan fingerprint density at radius 1 is 0.436 bits per heavy atom. The third kappa shape index (κ3) is 25.8. The van der Waals surface area contributed by atoms with E-state index < -0.39 is 0 Å². The van der Waals surface area contributed by atoms with Gasteiger partial charge in [-0.3, -0.25) is 0 Å². The summed E-state index contributed by atoms with van der Waals surface area (Å²) in [5, 5.41) is 0. The van der Waals surface area contributed by atoms with Crippen LogP contribution in [0.1, 0.15) is 10.4 Å². The van der Waals surface area contributed by atoms with Crippen LogP contribution < -0.4 is 0 Å². The molecule has 0 saturated carbocycles. The van der Waals surface area contributed by atoms with Gasteiger partial charge in [0.05, 0.1) is 124 Å². The van der Waals surface area contributed by atoms with Gasteiger partial charge >= 0.3 is 5.97 Å². The van der Waals surface area contributed by atoms with Crippen molar-refractivity contribution in [2.24, 2.45) is 0 Å². The highest BCUT2D eigenvalue weighted by atomic mass is 127. The maximum absolute atomic E-state index is 11.8. The first-order valence-corrected chi connectivity index (χ1v) is 14.8. The lowest BCUT2D eigenvalue weighted by molar-refractivity contribution is -0.0257. The number of alkyl halides is 1. The van der Waals surface area contributed by atoms with Gasteiger partial charge in [-0.05, 0) is 12.1 Å². The largest absolute Gasteiger partial charge is 0.460 e. The van der Waals surface area contributed by atoms with E-state index in [1.54, 1.807) is 24.3 Å². The van der Waals surface area contributed by atoms with Crippen LogP contribution in [0.3, 0.4) is 0 Å². The summed E-state index contributed by atoms with van der Waals surface area (Å²) in [7, 11) is 0. The molecule has 226 valence electrons. The predicted octanol–water partition coefficient (Wildman–Crippen LogP) is 2.43. The maximum atomic E-state index is 11.8. The molecular weight excluding hydrogens is 627 g/mol. The lowest BCUT2D eigenvalue weighted by Gasteiger charge is -2.09. The first-order valence-electron chi connectivity index (χ1n) is 13.3. The fraction of sp³-hybridized carbons (Fsp3) is 0.741. The number of benzene rings is 1. The first-order chi connectivity index (χ1) is 19.3. The third-order valence-electron chi connectivity index (χ3n) is 4.67. The van der Waals surface area contributed by atoms with Crippen LogP contribution in [0.15, 0.2) is 30.3 Å². The summed E-state index contributed by atoms with van der Waals surface area (Å²) in [5.41, 5.74) is 0.528. The summed E-state index contributed by atoms with van der Waals surface area (Å²) in [6.07, 6.45) is 0. The topological polar surface area (TPSA) is 109 Å². The summed E-state index contributed by atoms with van der Waals surface area (Å²) in [4.78, 5) is 11.8. The van der Waals surface area contributed by atoms with Crippen LogP contribution in [0.4, 0.5) is 0 Å². The zero-order valence-corrected chi connectivity index (χ0v) is 25.1. The molecule has 0 spiro atoms. The van der Waals surface area contributed by atoms with E-state index in [-0.39, 0.29) is 12.6 Å². The van der Waals surface area contributed by atoms with E-state index in [9.17, 15) is 4.79 Å². The highest BCUT2D eigenvalue weighted by molar-refractivity contribution is 14.1. The van der Waals surface area contributed by atoms with E-state index in [1.807, 2.05) is 6.07 Å². The van der Waals surface area contributed by atoms with Crippen LogP contribution in [-0.4, -0.2) is 136 Å². The zero-order valence-electron chi connectivity index (χ0n) is 22.9. The van der Waals surface area contributed by atoms with Gasteiger partial charge in [0.1, 0.15) is 6.61 Å². The lowest BCUT2D eigenvalue weighted by Crippen LogP contribution is -2.15. The molecule has 12 heteroatoms. The van der Waals surface area contributed by atoms with Crippen LogP contribution in [-0.2, 0) is 47.4 Å². The fourth-order valence-corrected chi connectivity index (χ4v) is 3.08. The molecule has 11 nitrogen and oxygen atoms in total. The number of halogens is 1. The quantitative estimate of drug-likeness (QED) is 0.0521. The molecule has 0 aliphatic carbocycles. The van der Waals surface area contributed by atoms with Crippen LogP contribution in [0.2, 0.25) is 0 Å². The summed E-state index contributed by atoms with van der Waals surface area (Å²) in [6, 6.07) is 8.86. The normalized spacial score (nSPS) is 11.2. The molecule has 1 aromatic carbocycles. The average Bonchev–Trinajstić information content (AvgIpc) is 2.96. The second-order valence-corrected chi connectivity index (χ2v) is 8.78. The molecule has 0 saturated heterocycles. The van der Waals surface area contributed by atoms with Crippen LogP contribution >= 0.6 is 22.6 Å². The molecule has 0 aliphatic heterocycles. The predicted molar refractivity (Wildman–Crippen MR) is 153 cm³/mol. The van der Waals surface area contributed by atoms with Gasteiger partial charge in [0.25, 0.3) is 0 Å².